The Bertz CT molecular complexity index is 2480. The third-order valence-electron chi connectivity index (χ3n) is 10.2. The first kappa shape index (κ1) is 27.6. The average Bonchev–Trinajstić information content (AvgIpc) is 3.38. The van der Waals surface area contributed by atoms with E-state index < -0.39 is 5.41 Å². The van der Waals surface area contributed by atoms with Gasteiger partial charge in [0.15, 0.2) is 11.6 Å². The van der Waals surface area contributed by atoms with Crippen molar-refractivity contribution in [2.75, 3.05) is 4.90 Å². The summed E-state index contributed by atoms with van der Waals surface area (Å²) >= 11 is 0. The van der Waals surface area contributed by atoms with Gasteiger partial charge < -0.3 is 9.64 Å². The van der Waals surface area contributed by atoms with E-state index in [1.807, 2.05) is 72.8 Å². The van der Waals surface area contributed by atoms with Gasteiger partial charge in [0.2, 0.25) is 0 Å². The Labute approximate surface area is 283 Å². The van der Waals surface area contributed by atoms with Crippen LogP contribution in [-0.2, 0) is 5.41 Å². The molecular formula is C45H27NO3. The number of rotatable bonds is 2. The minimum absolute atomic E-state index is 0.184. The van der Waals surface area contributed by atoms with Crippen molar-refractivity contribution in [3.63, 3.8) is 0 Å². The van der Waals surface area contributed by atoms with Crippen LogP contribution in [0.4, 0.5) is 17.1 Å². The van der Waals surface area contributed by atoms with E-state index in [-0.39, 0.29) is 17.1 Å². The monoisotopic (exact) mass is 629 g/mol. The summed E-state index contributed by atoms with van der Waals surface area (Å²) in [7, 11) is 0. The van der Waals surface area contributed by atoms with Crippen molar-refractivity contribution < 1.29 is 14.3 Å². The quantitative estimate of drug-likeness (QED) is 0.141. The lowest BCUT2D eigenvalue weighted by Crippen LogP contribution is -2.39. The van der Waals surface area contributed by atoms with Crippen molar-refractivity contribution in [2.45, 2.75) is 5.41 Å². The lowest BCUT2D eigenvalue weighted by molar-refractivity contribution is 0.0990. The number of Topliss-reactive ketones (excluding diaryl/α,β-unsaturated/α-hetero) is 2. The van der Waals surface area contributed by atoms with Crippen LogP contribution in [0.3, 0.4) is 0 Å². The second kappa shape index (κ2) is 10.2. The standard InChI is InChI=1S/C45H27NO3/c47-43-32-26-29-12-4-5-13-30(29)27-33(32)44(48)34(43)24-28-22-23-40-38(25-28)45(35-16-6-9-19-39(35)46(40)31-14-2-1-3-15-31)36-17-7-10-20-41(36)49-42-21-11-8-18-37(42)45/h1-27H. The molecule has 2 heterocycles. The SMILES string of the molecule is O=C1C(=Cc2ccc3c(c2)C2(c4ccccc4Oc4ccccc42)c2ccccc2N3c2ccccc2)C(=O)c2cc3ccccc3cc21. The van der Waals surface area contributed by atoms with Gasteiger partial charge in [0.05, 0.1) is 22.4 Å². The molecule has 1 aliphatic carbocycles. The molecule has 4 nitrogen and oxygen atoms in total. The van der Waals surface area contributed by atoms with E-state index >= 15 is 0 Å². The Hall–Kier alpha value is -6.52. The lowest BCUT2D eigenvalue weighted by atomic mass is 9.61. The molecule has 0 N–H and O–H groups in total. The summed E-state index contributed by atoms with van der Waals surface area (Å²) in [6, 6.07) is 53.3. The van der Waals surface area contributed by atoms with Gasteiger partial charge in [-0.3, -0.25) is 9.59 Å². The molecule has 7 aromatic rings. The van der Waals surface area contributed by atoms with E-state index in [0.29, 0.717) is 11.1 Å². The van der Waals surface area contributed by atoms with Crippen LogP contribution in [0.25, 0.3) is 16.8 Å². The van der Waals surface area contributed by atoms with Crippen LogP contribution in [0.1, 0.15) is 48.5 Å². The zero-order valence-corrected chi connectivity index (χ0v) is 26.3. The number of fused-ring (bicyclic) bond motifs is 10. The molecule has 0 bridgehead atoms. The summed E-state index contributed by atoms with van der Waals surface area (Å²) in [5.41, 5.74) is 8.47. The van der Waals surface area contributed by atoms with Gasteiger partial charge in [-0.25, -0.2) is 0 Å². The van der Waals surface area contributed by atoms with E-state index in [4.69, 9.17) is 4.74 Å². The summed E-state index contributed by atoms with van der Waals surface area (Å²) in [6.07, 6.45) is 1.77. The van der Waals surface area contributed by atoms with Gasteiger partial charge >= 0.3 is 0 Å². The van der Waals surface area contributed by atoms with Crippen LogP contribution in [0.5, 0.6) is 11.5 Å². The number of anilines is 3. The van der Waals surface area contributed by atoms with Gasteiger partial charge in [-0.1, -0.05) is 103 Å². The first-order valence-electron chi connectivity index (χ1n) is 16.4. The molecule has 7 aromatic carbocycles. The number of allylic oxidation sites excluding steroid dienone is 1. The number of benzene rings is 7. The highest BCUT2D eigenvalue weighted by Gasteiger charge is 2.51. The van der Waals surface area contributed by atoms with Crippen molar-refractivity contribution in [2.24, 2.45) is 0 Å². The summed E-state index contributed by atoms with van der Waals surface area (Å²) in [6.45, 7) is 0. The number of hydrogen-bond acceptors (Lipinski definition) is 4. The molecule has 0 saturated carbocycles. The molecule has 4 heteroatoms. The summed E-state index contributed by atoms with van der Waals surface area (Å²) in [5, 5.41) is 1.88. The van der Waals surface area contributed by atoms with Crippen LogP contribution in [0.2, 0.25) is 0 Å². The first-order chi connectivity index (χ1) is 24.1. The Kier molecular flexibility index (Phi) is 5.76. The van der Waals surface area contributed by atoms with Gasteiger partial charge in [0, 0.05) is 27.9 Å². The van der Waals surface area contributed by atoms with E-state index in [0.717, 1.165) is 67.2 Å². The molecule has 0 amide bonds. The fourth-order valence-electron chi connectivity index (χ4n) is 8.14. The smallest absolute Gasteiger partial charge is 0.197 e. The van der Waals surface area contributed by atoms with Gasteiger partial charge in [0.25, 0.3) is 0 Å². The molecule has 10 rings (SSSR count). The summed E-state index contributed by atoms with van der Waals surface area (Å²) < 4.78 is 6.57. The van der Waals surface area contributed by atoms with Crippen LogP contribution in [0.15, 0.2) is 163 Å². The third kappa shape index (κ3) is 3.80. The maximum absolute atomic E-state index is 13.9. The summed E-state index contributed by atoms with van der Waals surface area (Å²) in [5.74, 6) is 1.11. The lowest BCUT2D eigenvalue weighted by Gasteiger charge is -2.48. The van der Waals surface area contributed by atoms with Crippen LogP contribution >= 0.6 is 0 Å². The second-order valence-corrected chi connectivity index (χ2v) is 12.8. The Morgan fingerprint density at radius 1 is 0.490 bits per heavy atom. The Morgan fingerprint density at radius 2 is 1.02 bits per heavy atom. The molecule has 3 aliphatic rings. The van der Waals surface area contributed by atoms with Crippen molar-refractivity contribution in [3.05, 3.63) is 202 Å². The minimum Gasteiger partial charge on any atom is -0.457 e. The minimum atomic E-state index is -0.748. The number of ether oxygens (including phenoxy) is 1. The average molecular weight is 630 g/mol. The van der Waals surface area contributed by atoms with Gasteiger partial charge in [-0.15, -0.1) is 0 Å². The molecule has 0 radical (unpaired) electrons. The normalized spacial score (nSPS) is 14.9. The molecule has 2 aliphatic heterocycles. The number of carbonyl (C=O) groups excluding carboxylic acids is 2. The van der Waals surface area contributed by atoms with E-state index in [2.05, 4.69) is 89.8 Å². The van der Waals surface area contributed by atoms with Crippen molar-refractivity contribution in [3.8, 4) is 11.5 Å². The highest BCUT2D eigenvalue weighted by molar-refractivity contribution is 6.42. The van der Waals surface area contributed by atoms with Gasteiger partial charge in [0.1, 0.15) is 11.5 Å². The van der Waals surface area contributed by atoms with Gasteiger partial charge in [-0.2, -0.15) is 0 Å². The van der Waals surface area contributed by atoms with Crippen molar-refractivity contribution >= 4 is 45.5 Å². The van der Waals surface area contributed by atoms with Crippen molar-refractivity contribution in [1.29, 1.82) is 0 Å². The molecule has 0 fully saturated rings. The number of ketones is 2. The molecule has 1 spiro atoms. The highest BCUT2D eigenvalue weighted by Crippen LogP contribution is 2.62. The fourth-order valence-corrected chi connectivity index (χ4v) is 8.14. The van der Waals surface area contributed by atoms with E-state index in [1.54, 1.807) is 6.08 Å². The van der Waals surface area contributed by atoms with E-state index in [9.17, 15) is 9.59 Å². The van der Waals surface area contributed by atoms with Crippen LogP contribution < -0.4 is 9.64 Å². The Morgan fingerprint density at radius 3 is 1.67 bits per heavy atom. The van der Waals surface area contributed by atoms with Crippen LogP contribution in [0, 0.1) is 0 Å². The molecule has 0 aromatic heterocycles. The first-order valence-corrected chi connectivity index (χ1v) is 16.4. The number of nitrogens with zero attached hydrogens (tertiary/aromatic N) is 1. The number of para-hydroxylation sites is 4. The molecule has 0 atom stereocenters. The van der Waals surface area contributed by atoms with Crippen LogP contribution in [-0.4, -0.2) is 11.6 Å². The fraction of sp³-hybridized carbons (Fsp3) is 0.0222. The zero-order chi connectivity index (χ0) is 32.7. The molecule has 0 unspecified atom stereocenters. The highest BCUT2D eigenvalue weighted by atomic mass is 16.5. The zero-order valence-electron chi connectivity index (χ0n) is 26.3. The number of carbonyl (C=O) groups is 2. The third-order valence-corrected chi connectivity index (χ3v) is 10.2. The topological polar surface area (TPSA) is 46.6 Å². The molecule has 0 saturated heterocycles. The molecular weight excluding hydrogens is 602 g/mol. The van der Waals surface area contributed by atoms with Gasteiger partial charge in [-0.05, 0) is 88.1 Å². The largest absolute Gasteiger partial charge is 0.457 e. The maximum Gasteiger partial charge on any atom is 0.197 e. The Balaban J connectivity index is 1.26. The second-order valence-electron chi connectivity index (χ2n) is 12.8. The predicted molar refractivity (Wildman–Crippen MR) is 194 cm³/mol. The maximum atomic E-state index is 13.9. The predicted octanol–water partition coefficient (Wildman–Crippen LogP) is 10.6. The van der Waals surface area contributed by atoms with Crippen molar-refractivity contribution in [1.82, 2.24) is 0 Å². The molecule has 230 valence electrons. The number of hydrogen-bond donors (Lipinski definition) is 0. The summed E-state index contributed by atoms with van der Waals surface area (Å²) in [4.78, 5) is 30.0. The van der Waals surface area contributed by atoms with E-state index in [1.165, 1.54) is 0 Å². The molecule has 49 heavy (non-hydrogen) atoms.